The lowest BCUT2D eigenvalue weighted by Crippen LogP contribution is -2.45. The lowest BCUT2D eigenvalue weighted by atomic mass is 10.1. The van der Waals surface area contributed by atoms with Crippen LogP contribution in [-0.4, -0.2) is 42.4 Å². The number of nitrogens with zero attached hydrogens (tertiary/aromatic N) is 2. The number of carbonyl (C=O) groups is 1. The summed E-state index contributed by atoms with van der Waals surface area (Å²) in [6, 6.07) is 18.4. The van der Waals surface area contributed by atoms with E-state index in [4.69, 9.17) is 9.73 Å². The fraction of sp³-hybridized carbons (Fsp3) is 0.440. The molecule has 3 rings (SSSR count). The van der Waals surface area contributed by atoms with Gasteiger partial charge in [-0.05, 0) is 36.6 Å². The van der Waals surface area contributed by atoms with Crippen LogP contribution in [0.1, 0.15) is 38.3 Å². The number of ether oxygens (including phenoxy) is 1. The summed E-state index contributed by atoms with van der Waals surface area (Å²) < 4.78 is 5.85. The Bertz CT molecular complexity index is 867. The van der Waals surface area contributed by atoms with E-state index in [0.717, 1.165) is 48.9 Å². The van der Waals surface area contributed by atoms with Crippen LogP contribution < -0.4 is 15.4 Å². The number of rotatable bonds is 8. The summed E-state index contributed by atoms with van der Waals surface area (Å²) in [6.45, 7) is 9.39. The maximum Gasteiger partial charge on any atom is 0.225 e. The summed E-state index contributed by atoms with van der Waals surface area (Å²) in [4.78, 5) is 18.9. The van der Waals surface area contributed by atoms with Crippen molar-refractivity contribution in [2.45, 2.75) is 46.4 Å². The summed E-state index contributed by atoms with van der Waals surface area (Å²) in [5.74, 6) is 1.92. The average molecular weight is 423 g/mol. The molecule has 6 heteroatoms. The Hall–Kier alpha value is -3.02. The van der Waals surface area contributed by atoms with E-state index in [1.54, 1.807) is 0 Å². The number of likely N-dealkylation sites (tertiary alicyclic amines) is 1. The van der Waals surface area contributed by atoms with Gasteiger partial charge in [-0.15, -0.1) is 0 Å². The van der Waals surface area contributed by atoms with E-state index >= 15 is 0 Å². The summed E-state index contributed by atoms with van der Waals surface area (Å²) in [5.41, 5.74) is 2.25. The third kappa shape index (κ3) is 7.02. The molecule has 6 nitrogen and oxygen atoms in total. The summed E-state index contributed by atoms with van der Waals surface area (Å²) >= 11 is 0. The maximum atomic E-state index is 12.2. The number of hydrogen-bond acceptors (Lipinski definition) is 3. The highest BCUT2D eigenvalue weighted by atomic mass is 16.5. The standard InChI is InChI=1S/C25H34N4O2/c1-4-26-25(28-22-13-14-29(17-22)24(30)19(2)3)27-16-20-9-8-10-21(15-20)18-31-23-11-6-5-7-12-23/h5-12,15,19,22H,4,13-14,16-18H2,1-3H3,(H2,26,27,28). The largest absolute Gasteiger partial charge is 0.489 e. The number of amides is 1. The monoisotopic (exact) mass is 422 g/mol. The lowest BCUT2D eigenvalue weighted by molar-refractivity contribution is -0.133. The molecule has 1 heterocycles. The van der Waals surface area contributed by atoms with E-state index in [9.17, 15) is 4.79 Å². The number of aliphatic imine (C=N–C) groups is 1. The van der Waals surface area contributed by atoms with Crippen LogP contribution in [0.5, 0.6) is 5.75 Å². The quantitative estimate of drug-likeness (QED) is 0.504. The van der Waals surface area contributed by atoms with Crippen LogP contribution in [0, 0.1) is 5.92 Å². The predicted molar refractivity (Wildman–Crippen MR) is 125 cm³/mol. The second kappa shape index (κ2) is 11.4. The van der Waals surface area contributed by atoms with Gasteiger partial charge in [-0.25, -0.2) is 4.99 Å². The third-order valence-electron chi connectivity index (χ3n) is 5.24. The molecule has 0 radical (unpaired) electrons. The Labute approximate surface area is 185 Å². The molecule has 0 spiro atoms. The van der Waals surface area contributed by atoms with Crippen molar-refractivity contribution in [3.63, 3.8) is 0 Å². The van der Waals surface area contributed by atoms with Crippen molar-refractivity contribution in [2.24, 2.45) is 10.9 Å². The van der Waals surface area contributed by atoms with Gasteiger partial charge < -0.3 is 20.3 Å². The first-order chi connectivity index (χ1) is 15.0. The molecule has 0 saturated carbocycles. The number of carbonyl (C=O) groups excluding carboxylic acids is 1. The Morgan fingerprint density at radius 3 is 2.68 bits per heavy atom. The minimum atomic E-state index is 0.0406. The van der Waals surface area contributed by atoms with Crippen LogP contribution in [0.3, 0.4) is 0 Å². The smallest absolute Gasteiger partial charge is 0.225 e. The highest BCUT2D eigenvalue weighted by molar-refractivity contribution is 5.81. The molecule has 2 aromatic rings. The van der Waals surface area contributed by atoms with Gasteiger partial charge in [0, 0.05) is 31.6 Å². The van der Waals surface area contributed by atoms with Crippen molar-refractivity contribution in [2.75, 3.05) is 19.6 Å². The highest BCUT2D eigenvalue weighted by Crippen LogP contribution is 2.14. The summed E-state index contributed by atoms with van der Waals surface area (Å²) in [5, 5.41) is 6.81. The summed E-state index contributed by atoms with van der Waals surface area (Å²) in [6.07, 6.45) is 0.940. The normalized spacial score (nSPS) is 16.5. The molecule has 1 saturated heterocycles. The van der Waals surface area contributed by atoms with Crippen molar-refractivity contribution < 1.29 is 9.53 Å². The Morgan fingerprint density at radius 1 is 1.16 bits per heavy atom. The number of nitrogens with one attached hydrogen (secondary N) is 2. The first-order valence-corrected chi connectivity index (χ1v) is 11.1. The molecular weight excluding hydrogens is 388 g/mol. The first-order valence-electron chi connectivity index (χ1n) is 11.1. The second-order valence-corrected chi connectivity index (χ2v) is 8.19. The molecule has 0 aromatic heterocycles. The van der Waals surface area contributed by atoms with Crippen molar-refractivity contribution >= 4 is 11.9 Å². The third-order valence-corrected chi connectivity index (χ3v) is 5.24. The second-order valence-electron chi connectivity index (χ2n) is 8.19. The van der Waals surface area contributed by atoms with Gasteiger partial charge in [0.05, 0.1) is 6.54 Å². The van der Waals surface area contributed by atoms with Gasteiger partial charge in [-0.3, -0.25) is 4.79 Å². The molecular formula is C25H34N4O2. The van der Waals surface area contributed by atoms with Gasteiger partial charge >= 0.3 is 0 Å². The van der Waals surface area contributed by atoms with Crippen LogP contribution in [0.25, 0.3) is 0 Å². The minimum Gasteiger partial charge on any atom is -0.489 e. The topological polar surface area (TPSA) is 66.0 Å². The van der Waals surface area contributed by atoms with Crippen LogP contribution in [-0.2, 0) is 17.9 Å². The SMILES string of the molecule is CCNC(=NCc1cccc(COc2ccccc2)c1)NC1CCN(C(=O)C(C)C)C1. The molecule has 1 amide bonds. The van der Waals surface area contributed by atoms with Crippen LogP contribution in [0.4, 0.5) is 0 Å². The zero-order valence-corrected chi connectivity index (χ0v) is 18.8. The van der Waals surface area contributed by atoms with Crippen molar-refractivity contribution in [3.8, 4) is 5.75 Å². The zero-order chi connectivity index (χ0) is 22.1. The van der Waals surface area contributed by atoms with E-state index < -0.39 is 0 Å². The first kappa shape index (κ1) is 22.7. The van der Waals surface area contributed by atoms with E-state index in [0.29, 0.717) is 13.2 Å². The van der Waals surface area contributed by atoms with Gasteiger partial charge in [0.25, 0.3) is 0 Å². The fourth-order valence-corrected chi connectivity index (χ4v) is 3.63. The van der Waals surface area contributed by atoms with Crippen molar-refractivity contribution in [3.05, 3.63) is 65.7 Å². The Balaban J connectivity index is 1.56. The zero-order valence-electron chi connectivity index (χ0n) is 18.8. The molecule has 2 N–H and O–H groups in total. The molecule has 0 bridgehead atoms. The number of guanidine groups is 1. The van der Waals surface area contributed by atoms with Crippen LogP contribution >= 0.6 is 0 Å². The molecule has 1 unspecified atom stereocenters. The van der Waals surface area contributed by atoms with Crippen LogP contribution in [0.2, 0.25) is 0 Å². The predicted octanol–water partition coefficient (Wildman–Crippen LogP) is 3.58. The van der Waals surface area contributed by atoms with E-state index in [-0.39, 0.29) is 17.9 Å². The van der Waals surface area contributed by atoms with Gasteiger partial charge in [-0.2, -0.15) is 0 Å². The highest BCUT2D eigenvalue weighted by Gasteiger charge is 2.27. The van der Waals surface area contributed by atoms with E-state index in [2.05, 4.69) is 35.8 Å². The number of hydrogen-bond donors (Lipinski definition) is 2. The molecule has 1 atom stereocenters. The molecule has 1 aliphatic rings. The Kier molecular flexibility index (Phi) is 8.33. The average Bonchev–Trinajstić information content (AvgIpc) is 3.25. The molecule has 1 aliphatic heterocycles. The molecule has 166 valence electrons. The van der Waals surface area contributed by atoms with Crippen molar-refractivity contribution in [1.82, 2.24) is 15.5 Å². The maximum absolute atomic E-state index is 12.2. The minimum absolute atomic E-state index is 0.0406. The van der Waals surface area contributed by atoms with E-state index in [1.165, 1.54) is 0 Å². The fourth-order valence-electron chi connectivity index (χ4n) is 3.63. The van der Waals surface area contributed by atoms with Gasteiger partial charge in [0.2, 0.25) is 5.91 Å². The Morgan fingerprint density at radius 2 is 1.94 bits per heavy atom. The van der Waals surface area contributed by atoms with Gasteiger partial charge in [0.15, 0.2) is 5.96 Å². The van der Waals surface area contributed by atoms with Gasteiger partial charge in [-0.1, -0.05) is 56.3 Å². The molecule has 1 fully saturated rings. The molecule has 0 aliphatic carbocycles. The van der Waals surface area contributed by atoms with Gasteiger partial charge in [0.1, 0.15) is 12.4 Å². The van der Waals surface area contributed by atoms with Crippen LogP contribution in [0.15, 0.2) is 59.6 Å². The van der Waals surface area contributed by atoms with E-state index in [1.807, 2.05) is 55.1 Å². The molecule has 2 aromatic carbocycles. The number of benzene rings is 2. The number of para-hydroxylation sites is 1. The lowest BCUT2D eigenvalue weighted by Gasteiger charge is -2.20. The summed E-state index contributed by atoms with van der Waals surface area (Å²) in [7, 11) is 0. The van der Waals surface area contributed by atoms with Crippen molar-refractivity contribution in [1.29, 1.82) is 0 Å². The molecule has 31 heavy (non-hydrogen) atoms.